The Morgan fingerprint density at radius 2 is 1.62 bits per heavy atom. The smallest absolute Gasteiger partial charge is 0.323 e. The molecule has 0 bridgehead atoms. The minimum Gasteiger partial charge on any atom is -0.350 e. The normalized spacial score (nSPS) is 17.2. The van der Waals surface area contributed by atoms with Crippen molar-refractivity contribution in [2.75, 3.05) is 11.9 Å². The highest BCUT2D eigenvalue weighted by Crippen LogP contribution is 2.30. The predicted octanol–water partition coefficient (Wildman–Crippen LogP) is 4.75. The molecular weight excluding hydrogens is 592 g/mol. The second-order valence-corrected chi connectivity index (χ2v) is 12.5. The number of hydrogen-bond donors (Lipinski definition) is 6. The first-order chi connectivity index (χ1) is 21.6. The zero-order chi connectivity index (χ0) is 32.1. The Morgan fingerprint density at radius 3 is 2.29 bits per heavy atom. The van der Waals surface area contributed by atoms with E-state index in [1.165, 1.54) is 0 Å². The first kappa shape index (κ1) is 32.0. The van der Waals surface area contributed by atoms with Crippen LogP contribution in [0.3, 0.4) is 0 Å². The minimum atomic E-state index is -0.834. The van der Waals surface area contributed by atoms with E-state index in [1.807, 2.05) is 44.2 Å². The average molecular weight is 631 g/mol. The van der Waals surface area contributed by atoms with Crippen LogP contribution in [0.2, 0.25) is 5.02 Å². The van der Waals surface area contributed by atoms with Crippen LogP contribution in [-0.2, 0) is 16.0 Å². The van der Waals surface area contributed by atoms with E-state index in [0.717, 1.165) is 42.4 Å². The van der Waals surface area contributed by atoms with Gasteiger partial charge in [-0.3, -0.25) is 14.4 Å². The molecule has 5 rings (SSSR count). The van der Waals surface area contributed by atoms with Gasteiger partial charge in [0.2, 0.25) is 11.8 Å². The number of nitrogens with two attached hydrogens (primary N) is 1. The third-order valence-electron chi connectivity index (χ3n) is 8.32. The highest BCUT2D eigenvalue weighted by atomic mass is 35.5. The Labute approximate surface area is 266 Å². The molecule has 45 heavy (non-hydrogen) atoms. The largest absolute Gasteiger partial charge is 0.350 e. The Kier molecular flexibility index (Phi) is 10.0. The number of aromatic nitrogens is 2. The number of nitrogens with one attached hydrogen (secondary N) is 5. The van der Waals surface area contributed by atoms with E-state index in [9.17, 15) is 19.2 Å². The fourth-order valence-electron chi connectivity index (χ4n) is 5.79. The molecule has 236 valence electrons. The molecule has 1 aliphatic rings. The number of halogens is 1. The van der Waals surface area contributed by atoms with E-state index in [-0.39, 0.29) is 41.8 Å². The summed E-state index contributed by atoms with van der Waals surface area (Å²) in [4.78, 5) is 56.4. The van der Waals surface area contributed by atoms with Gasteiger partial charge in [-0.05, 0) is 93.5 Å². The van der Waals surface area contributed by atoms with Crippen LogP contribution in [0.4, 0.5) is 5.69 Å². The molecular formula is C34H39ClN6O4. The number of fused-ring (bicyclic) bond motifs is 1. The van der Waals surface area contributed by atoms with Gasteiger partial charge in [-0.15, -0.1) is 0 Å². The Bertz CT molecular complexity index is 1740. The van der Waals surface area contributed by atoms with Gasteiger partial charge < -0.3 is 31.7 Å². The van der Waals surface area contributed by atoms with Crippen molar-refractivity contribution in [3.63, 3.8) is 0 Å². The second kappa shape index (κ2) is 14.1. The Balaban J connectivity index is 1.32. The Hall–Kier alpha value is -4.41. The first-order valence-electron chi connectivity index (χ1n) is 15.3. The van der Waals surface area contributed by atoms with Gasteiger partial charge in [0.25, 0.3) is 5.91 Å². The molecule has 0 aliphatic heterocycles. The van der Waals surface area contributed by atoms with Crippen molar-refractivity contribution in [2.24, 2.45) is 17.6 Å². The number of imidazole rings is 1. The SMILES string of the molecule is CC(C)NC(=O)c1ccc(-c2ccc(C[C@H](NC(=O)C3CCC(CN)CC3)C(=O)Nc3ccc4[nH]c(=O)[nH]c4c3)cc2)c(Cl)c1. The van der Waals surface area contributed by atoms with Crippen molar-refractivity contribution in [1.82, 2.24) is 20.6 Å². The minimum absolute atomic E-state index is 0.0127. The van der Waals surface area contributed by atoms with Gasteiger partial charge in [-0.2, -0.15) is 0 Å². The van der Waals surface area contributed by atoms with Crippen LogP contribution in [-0.4, -0.2) is 46.3 Å². The molecule has 0 unspecified atom stereocenters. The summed E-state index contributed by atoms with van der Waals surface area (Å²) < 4.78 is 0. The van der Waals surface area contributed by atoms with E-state index in [0.29, 0.717) is 39.8 Å². The second-order valence-electron chi connectivity index (χ2n) is 12.1. The summed E-state index contributed by atoms with van der Waals surface area (Å²) in [7, 11) is 0. The number of benzene rings is 3. The van der Waals surface area contributed by atoms with Crippen molar-refractivity contribution < 1.29 is 14.4 Å². The summed E-state index contributed by atoms with van der Waals surface area (Å²) in [5, 5.41) is 9.23. The molecule has 1 heterocycles. The van der Waals surface area contributed by atoms with Gasteiger partial charge in [0.1, 0.15) is 6.04 Å². The molecule has 1 saturated carbocycles. The lowest BCUT2D eigenvalue weighted by Gasteiger charge is -2.28. The van der Waals surface area contributed by atoms with Crippen LogP contribution in [0.1, 0.15) is 55.5 Å². The van der Waals surface area contributed by atoms with Gasteiger partial charge >= 0.3 is 5.69 Å². The average Bonchev–Trinajstić information content (AvgIpc) is 3.40. The molecule has 0 spiro atoms. The first-order valence-corrected chi connectivity index (χ1v) is 15.7. The molecule has 4 aromatic rings. The molecule has 1 aliphatic carbocycles. The number of anilines is 1. The number of amides is 3. The van der Waals surface area contributed by atoms with E-state index in [4.69, 9.17) is 17.3 Å². The molecule has 0 radical (unpaired) electrons. The summed E-state index contributed by atoms with van der Waals surface area (Å²) >= 11 is 6.57. The lowest BCUT2D eigenvalue weighted by molar-refractivity contribution is -0.130. The number of carbonyl (C=O) groups excluding carboxylic acids is 3. The zero-order valence-electron chi connectivity index (χ0n) is 25.4. The van der Waals surface area contributed by atoms with E-state index in [1.54, 1.807) is 30.3 Å². The van der Waals surface area contributed by atoms with Gasteiger partial charge in [0, 0.05) is 40.2 Å². The topological polar surface area (TPSA) is 162 Å². The van der Waals surface area contributed by atoms with Crippen molar-refractivity contribution in [1.29, 1.82) is 0 Å². The lowest BCUT2D eigenvalue weighted by atomic mass is 9.81. The van der Waals surface area contributed by atoms with Gasteiger partial charge in [-0.25, -0.2) is 4.79 Å². The van der Waals surface area contributed by atoms with Crippen molar-refractivity contribution in [3.05, 3.63) is 87.3 Å². The summed E-state index contributed by atoms with van der Waals surface area (Å²) in [6.45, 7) is 4.41. The summed E-state index contributed by atoms with van der Waals surface area (Å²) in [6, 6.07) is 17.1. The van der Waals surface area contributed by atoms with Crippen molar-refractivity contribution >= 4 is 46.0 Å². The summed E-state index contributed by atoms with van der Waals surface area (Å²) in [5.41, 5.74) is 10.2. The number of rotatable bonds is 10. The fraction of sp³-hybridized carbons (Fsp3) is 0.353. The monoisotopic (exact) mass is 630 g/mol. The maximum atomic E-state index is 13.6. The summed E-state index contributed by atoms with van der Waals surface area (Å²) in [5.74, 6) is -0.420. The molecule has 7 N–H and O–H groups in total. The predicted molar refractivity (Wildman–Crippen MR) is 177 cm³/mol. The molecule has 1 atom stereocenters. The third-order valence-corrected chi connectivity index (χ3v) is 8.64. The van der Waals surface area contributed by atoms with Crippen LogP contribution in [0.5, 0.6) is 0 Å². The Morgan fingerprint density at radius 1 is 0.911 bits per heavy atom. The zero-order valence-corrected chi connectivity index (χ0v) is 26.2. The summed E-state index contributed by atoms with van der Waals surface area (Å²) in [6.07, 6.45) is 3.54. The maximum absolute atomic E-state index is 13.6. The van der Waals surface area contributed by atoms with Crippen molar-refractivity contribution in [2.45, 2.75) is 58.0 Å². The molecule has 1 aromatic heterocycles. The molecule has 1 fully saturated rings. The van der Waals surface area contributed by atoms with E-state index < -0.39 is 6.04 Å². The lowest BCUT2D eigenvalue weighted by Crippen LogP contribution is -2.48. The number of aromatic amines is 2. The van der Waals surface area contributed by atoms with Gasteiger partial charge in [0.15, 0.2) is 0 Å². The third kappa shape index (κ3) is 8.01. The van der Waals surface area contributed by atoms with Crippen molar-refractivity contribution in [3.8, 4) is 11.1 Å². The van der Waals surface area contributed by atoms with Gasteiger partial charge in [0.05, 0.1) is 11.0 Å². The van der Waals surface area contributed by atoms with Gasteiger partial charge in [-0.1, -0.05) is 41.9 Å². The van der Waals surface area contributed by atoms with Crippen LogP contribution in [0, 0.1) is 11.8 Å². The quantitative estimate of drug-likeness (QED) is 0.149. The number of H-pyrrole nitrogens is 2. The fourth-order valence-corrected chi connectivity index (χ4v) is 6.08. The van der Waals surface area contributed by atoms with Crippen LogP contribution < -0.4 is 27.4 Å². The highest BCUT2D eigenvalue weighted by molar-refractivity contribution is 6.33. The highest BCUT2D eigenvalue weighted by Gasteiger charge is 2.29. The van der Waals surface area contributed by atoms with E-state index >= 15 is 0 Å². The molecule has 0 saturated heterocycles. The van der Waals surface area contributed by atoms with Crippen LogP contribution >= 0.6 is 11.6 Å². The molecule has 11 heteroatoms. The molecule has 3 amide bonds. The van der Waals surface area contributed by atoms with E-state index in [2.05, 4.69) is 25.9 Å². The molecule has 3 aromatic carbocycles. The van der Waals surface area contributed by atoms with Crippen LogP contribution in [0.15, 0.2) is 65.5 Å². The van der Waals surface area contributed by atoms with Crippen LogP contribution in [0.25, 0.3) is 22.2 Å². The number of hydrogen-bond acceptors (Lipinski definition) is 5. The maximum Gasteiger partial charge on any atom is 0.323 e. The standard InChI is InChI=1S/C34H39ClN6O4/c1-19(2)37-32(43)24-11-13-26(27(35)16-24)22-7-3-20(4-8-22)15-30(39-31(42)23-9-5-21(18-36)6-10-23)33(44)38-25-12-14-28-29(17-25)41-34(45)40-28/h3-4,7-8,11-14,16-17,19,21,23,30H,5-6,9-10,15,18,36H2,1-2H3,(H,37,43)(H,38,44)(H,39,42)(H2,40,41,45)/t21?,23?,30-/m0/s1. The molecule has 10 nitrogen and oxygen atoms in total. The number of carbonyl (C=O) groups is 3.